The maximum Gasteiger partial charge on any atom is 0.119 e. The molecule has 2 rings (SSSR count). The molecule has 1 unspecified atom stereocenters. The SMILES string of the molecule is CCOc1ccc(C(CC2CCC2)NN)cc1. The van der Waals surface area contributed by atoms with Gasteiger partial charge in [0.15, 0.2) is 0 Å². The largest absolute Gasteiger partial charge is 0.494 e. The molecule has 0 saturated heterocycles. The van der Waals surface area contributed by atoms with Crippen LogP contribution in [0.15, 0.2) is 24.3 Å². The molecule has 1 aromatic rings. The van der Waals surface area contributed by atoms with Crippen LogP contribution in [0.2, 0.25) is 0 Å². The standard InChI is InChI=1S/C14H22N2O/c1-2-17-13-8-6-12(7-9-13)14(16-15)10-11-4-3-5-11/h6-9,11,14,16H,2-5,10,15H2,1H3. The van der Waals surface area contributed by atoms with Crippen LogP contribution in [-0.4, -0.2) is 6.61 Å². The van der Waals surface area contributed by atoms with Crippen molar-refractivity contribution < 1.29 is 4.74 Å². The molecule has 3 heteroatoms. The number of ether oxygens (including phenoxy) is 1. The summed E-state index contributed by atoms with van der Waals surface area (Å²) in [4.78, 5) is 0. The van der Waals surface area contributed by atoms with E-state index < -0.39 is 0 Å². The van der Waals surface area contributed by atoms with Gasteiger partial charge in [-0.05, 0) is 37.0 Å². The van der Waals surface area contributed by atoms with E-state index in [2.05, 4.69) is 17.6 Å². The second kappa shape index (κ2) is 6.03. The molecule has 0 aromatic heterocycles. The Hall–Kier alpha value is -1.06. The molecule has 1 atom stereocenters. The second-order valence-electron chi connectivity index (χ2n) is 4.75. The molecule has 1 aromatic carbocycles. The Bertz CT molecular complexity index is 333. The van der Waals surface area contributed by atoms with Crippen molar-refractivity contribution in [3.8, 4) is 5.75 Å². The molecule has 17 heavy (non-hydrogen) atoms. The van der Waals surface area contributed by atoms with Gasteiger partial charge in [-0.2, -0.15) is 0 Å². The quantitative estimate of drug-likeness (QED) is 0.587. The Morgan fingerprint density at radius 3 is 2.53 bits per heavy atom. The predicted molar refractivity (Wildman–Crippen MR) is 69.6 cm³/mol. The second-order valence-corrected chi connectivity index (χ2v) is 4.75. The van der Waals surface area contributed by atoms with E-state index in [0.717, 1.165) is 18.1 Å². The van der Waals surface area contributed by atoms with E-state index in [0.29, 0.717) is 6.61 Å². The topological polar surface area (TPSA) is 47.3 Å². The lowest BCUT2D eigenvalue weighted by Crippen LogP contribution is -2.31. The van der Waals surface area contributed by atoms with Gasteiger partial charge in [0.1, 0.15) is 5.75 Å². The van der Waals surface area contributed by atoms with Crippen LogP contribution in [0.5, 0.6) is 5.75 Å². The van der Waals surface area contributed by atoms with Gasteiger partial charge in [0.05, 0.1) is 6.61 Å². The summed E-state index contributed by atoms with van der Waals surface area (Å²) in [5, 5.41) is 0. The average Bonchev–Trinajstić information content (AvgIpc) is 2.30. The van der Waals surface area contributed by atoms with Crippen LogP contribution < -0.4 is 16.0 Å². The summed E-state index contributed by atoms with van der Waals surface area (Å²) in [6.45, 7) is 2.70. The fourth-order valence-corrected chi connectivity index (χ4v) is 2.33. The van der Waals surface area contributed by atoms with Gasteiger partial charge in [0.25, 0.3) is 0 Å². The number of benzene rings is 1. The van der Waals surface area contributed by atoms with Crippen molar-refractivity contribution in [2.75, 3.05) is 6.61 Å². The van der Waals surface area contributed by atoms with Crippen LogP contribution in [0.1, 0.15) is 44.2 Å². The number of hydrazine groups is 1. The number of hydrogen-bond acceptors (Lipinski definition) is 3. The lowest BCUT2D eigenvalue weighted by atomic mass is 9.80. The van der Waals surface area contributed by atoms with E-state index in [1.807, 2.05) is 19.1 Å². The molecule has 3 N–H and O–H groups in total. The van der Waals surface area contributed by atoms with Crippen LogP contribution in [0.25, 0.3) is 0 Å². The first-order valence-corrected chi connectivity index (χ1v) is 6.52. The van der Waals surface area contributed by atoms with Crippen molar-refractivity contribution in [1.82, 2.24) is 5.43 Å². The van der Waals surface area contributed by atoms with Gasteiger partial charge in [-0.25, -0.2) is 0 Å². The minimum Gasteiger partial charge on any atom is -0.494 e. The fourth-order valence-electron chi connectivity index (χ4n) is 2.33. The van der Waals surface area contributed by atoms with Gasteiger partial charge in [-0.3, -0.25) is 11.3 Å². The maximum absolute atomic E-state index is 5.65. The molecule has 0 amide bonds. The van der Waals surface area contributed by atoms with E-state index in [1.54, 1.807) is 0 Å². The Morgan fingerprint density at radius 2 is 2.06 bits per heavy atom. The van der Waals surface area contributed by atoms with Gasteiger partial charge >= 0.3 is 0 Å². The molecule has 0 radical (unpaired) electrons. The predicted octanol–water partition coefficient (Wildman–Crippen LogP) is 2.78. The number of nitrogens with two attached hydrogens (primary N) is 1. The maximum atomic E-state index is 5.65. The lowest BCUT2D eigenvalue weighted by molar-refractivity contribution is 0.262. The normalized spacial score (nSPS) is 17.5. The molecule has 0 heterocycles. The summed E-state index contributed by atoms with van der Waals surface area (Å²) in [6, 6.07) is 8.52. The molecule has 3 nitrogen and oxygen atoms in total. The van der Waals surface area contributed by atoms with Gasteiger partial charge in [-0.1, -0.05) is 31.4 Å². The van der Waals surface area contributed by atoms with Gasteiger partial charge in [-0.15, -0.1) is 0 Å². The minimum absolute atomic E-state index is 0.274. The van der Waals surface area contributed by atoms with Crippen molar-refractivity contribution in [2.45, 2.75) is 38.6 Å². The third-order valence-electron chi connectivity index (χ3n) is 3.59. The Labute approximate surface area is 103 Å². The molecular formula is C14H22N2O. The first kappa shape index (κ1) is 12.4. The summed E-state index contributed by atoms with van der Waals surface area (Å²) < 4.78 is 5.44. The highest BCUT2D eigenvalue weighted by Gasteiger charge is 2.22. The zero-order valence-corrected chi connectivity index (χ0v) is 10.5. The average molecular weight is 234 g/mol. The Kier molecular flexibility index (Phi) is 4.40. The zero-order chi connectivity index (χ0) is 12.1. The molecule has 0 spiro atoms. The highest BCUT2D eigenvalue weighted by atomic mass is 16.5. The molecule has 1 aliphatic carbocycles. The van der Waals surface area contributed by atoms with Crippen molar-refractivity contribution in [1.29, 1.82) is 0 Å². The zero-order valence-electron chi connectivity index (χ0n) is 10.5. The highest BCUT2D eigenvalue weighted by Crippen LogP contribution is 2.34. The highest BCUT2D eigenvalue weighted by molar-refractivity contribution is 5.29. The molecule has 0 aliphatic heterocycles. The first-order valence-electron chi connectivity index (χ1n) is 6.52. The molecule has 1 fully saturated rings. The summed E-state index contributed by atoms with van der Waals surface area (Å²) in [6.07, 6.45) is 5.24. The first-order chi connectivity index (χ1) is 8.33. The van der Waals surface area contributed by atoms with E-state index in [4.69, 9.17) is 10.6 Å². The van der Waals surface area contributed by atoms with Crippen LogP contribution >= 0.6 is 0 Å². The molecule has 94 valence electrons. The van der Waals surface area contributed by atoms with Crippen molar-refractivity contribution in [2.24, 2.45) is 11.8 Å². The molecular weight excluding hydrogens is 212 g/mol. The Morgan fingerprint density at radius 1 is 1.35 bits per heavy atom. The van der Waals surface area contributed by atoms with Crippen LogP contribution in [0, 0.1) is 5.92 Å². The van der Waals surface area contributed by atoms with E-state index >= 15 is 0 Å². The van der Waals surface area contributed by atoms with Crippen molar-refractivity contribution >= 4 is 0 Å². The van der Waals surface area contributed by atoms with E-state index in [9.17, 15) is 0 Å². The van der Waals surface area contributed by atoms with Crippen molar-refractivity contribution in [3.05, 3.63) is 29.8 Å². The van der Waals surface area contributed by atoms with Crippen LogP contribution in [-0.2, 0) is 0 Å². The monoisotopic (exact) mass is 234 g/mol. The van der Waals surface area contributed by atoms with Gasteiger partial charge < -0.3 is 4.74 Å². The molecule has 1 saturated carbocycles. The van der Waals surface area contributed by atoms with E-state index in [-0.39, 0.29) is 6.04 Å². The Balaban J connectivity index is 1.97. The van der Waals surface area contributed by atoms with Crippen LogP contribution in [0.4, 0.5) is 0 Å². The minimum atomic E-state index is 0.274. The third kappa shape index (κ3) is 3.20. The summed E-state index contributed by atoms with van der Waals surface area (Å²) in [7, 11) is 0. The third-order valence-corrected chi connectivity index (χ3v) is 3.59. The van der Waals surface area contributed by atoms with Gasteiger partial charge in [0.2, 0.25) is 0 Å². The summed E-state index contributed by atoms with van der Waals surface area (Å²) >= 11 is 0. The van der Waals surface area contributed by atoms with Crippen molar-refractivity contribution in [3.63, 3.8) is 0 Å². The molecule has 1 aliphatic rings. The number of hydrogen-bond donors (Lipinski definition) is 2. The van der Waals surface area contributed by atoms with Gasteiger partial charge in [0, 0.05) is 6.04 Å². The van der Waals surface area contributed by atoms with Crippen LogP contribution in [0.3, 0.4) is 0 Å². The summed E-state index contributed by atoms with van der Waals surface area (Å²) in [5.41, 5.74) is 4.18. The number of nitrogens with one attached hydrogen (secondary N) is 1. The molecule has 0 bridgehead atoms. The number of rotatable bonds is 6. The smallest absolute Gasteiger partial charge is 0.119 e. The lowest BCUT2D eigenvalue weighted by Gasteiger charge is -2.29. The van der Waals surface area contributed by atoms with E-state index in [1.165, 1.54) is 24.8 Å². The fraction of sp³-hybridized carbons (Fsp3) is 0.571. The summed E-state index contributed by atoms with van der Waals surface area (Å²) in [5.74, 6) is 7.42.